The van der Waals surface area contributed by atoms with Gasteiger partial charge in [0.15, 0.2) is 0 Å². The molecule has 11 heavy (non-hydrogen) atoms. The van der Waals surface area contributed by atoms with Crippen LogP contribution in [0.15, 0.2) is 47.9 Å². The average molecular weight is 145 g/mol. The van der Waals surface area contributed by atoms with E-state index in [4.69, 9.17) is 0 Å². The smallest absolute Gasteiger partial charge is 0.0438 e. The molecule has 1 nitrogen and oxygen atoms in total. The molecule has 0 unspecified atom stereocenters. The van der Waals surface area contributed by atoms with Gasteiger partial charge in [-0.05, 0) is 24.6 Å². The van der Waals surface area contributed by atoms with Crippen LogP contribution in [0.2, 0.25) is 0 Å². The summed E-state index contributed by atoms with van der Waals surface area (Å²) in [4.78, 5) is 2.25. The van der Waals surface area contributed by atoms with Gasteiger partial charge in [0.05, 0.1) is 0 Å². The van der Waals surface area contributed by atoms with Crippen molar-refractivity contribution in [1.82, 2.24) is 4.90 Å². The molecule has 0 spiro atoms. The standard InChI is InChI=1S/C10H11N/c1-9-5-4-8-11-7-3-2-6-10(9)11/h2-7H,8H2,1H3. The molecular weight excluding hydrogens is 134 g/mol. The second-order valence-corrected chi connectivity index (χ2v) is 2.82. The third-order valence-corrected chi connectivity index (χ3v) is 2.01. The van der Waals surface area contributed by atoms with E-state index in [1.54, 1.807) is 0 Å². The molecule has 0 atom stereocenters. The van der Waals surface area contributed by atoms with Crippen LogP contribution in [0.3, 0.4) is 0 Å². The van der Waals surface area contributed by atoms with Crippen LogP contribution in [0, 0.1) is 0 Å². The highest BCUT2D eigenvalue weighted by atomic mass is 15.1. The van der Waals surface area contributed by atoms with Crippen molar-refractivity contribution in [3.63, 3.8) is 0 Å². The van der Waals surface area contributed by atoms with E-state index in [1.807, 2.05) is 0 Å². The van der Waals surface area contributed by atoms with E-state index in [-0.39, 0.29) is 0 Å². The summed E-state index contributed by atoms with van der Waals surface area (Å²) in [5.74, 6) is 0. The van der Waals surface area contributed by atoms with Crippen LogP contribution >= 0.6 is 0 Å². The van der Waals surface area contributed by atoms with Crippen molar-refractivity contribution >= 4 is 0 Å². The van der Waals surface area contributed by atoms with Gasteiger partial charge in [0.2, 0.25) is 0 Å². The Kier molecular flexibility index (Phi) is 1.42. The lowest BCUT2D eigenvalue weighted by Crippen LogP contribution is -2.20. The van der Waals surface area contributed by atoms with Gasteiger partial charge in [0, 0.05) is 18.4 Å². The van der Waals surface area contributed by atoms with E-state index in [2.05, 4.69) is 48.4 Å². The van der Waals surface area contributed by atoms with Crippen molar-refractivity contribution in [2.45, 2.75) is 6.92 Å². The lowest BCUT2D eigenvalue weighted by atomic mass is 10.1. The highest BCUT2D eigenvalue weighted by Crippen LogP contribution is 2.20. The van der Waals surface area contributed by atoms with Gasteiger partial charge in [-0.1, -0.05) is 18.2 Å². The van der Waals surface area contributed by atoms with E-state index < -0.39 is 0 Å². The topological polar surface area (TPSA) is 3.24 Å². The first-order chi connectivity index (χ1) is 5.38. The zero-order chi connectivity index (χ0) is 7.68. The van der Waals surface area contributed by atoms with E-state index in [0.717, 1.165) is 6.54 Å². The first kappa shape index (κ1) is 6.47. The normalized spacial score (nSPS) is 21.0. The molecule has 0 radical (unpaired) electrons. The summed E-state index contributed by atoms with van der Waals surface area (Å²) in [6, 6.07) is 0. The summed E-state index contributed by atoms with van der Waals surface area (Å²) in [5, 5.41) is 0. The molecule has 2 aliphatic heterocycles. The van der Waals surface area contributed by atoms with E-state index in [9.17, 15) is 0 Å². The van der Waals surface area contributed by atoms with Crippen LogP contribution in [-0.2, 0) is 0 Å². The largest absolute Gasteiger partial charge is 0.344 e. The maximum atomic E-state index is 2.25. The Bertz CT molecular complexity index is 279. The lowest BCUT2D eigenvalue weighted by Gasteiger charge is -2.26. The van der Waals surface area contributed by atoms with Crippen LogP contribution in [0.25, 0.3) is 0 Å². The van der Waals surface area contributed by atoms with Gasteiger partial charge in [-0.2, -0.15) is 0 Å². The van der Waals surface area contributed by atoms with Gasteiger partial charge in [-0.25, -0.2) is 0 Å². The molecule has 2 rings (SSSR count). The molecule has 0 saturated carbocycles. The molecule has 0 aromatic rings. The Morgan fingerprint density at radius 2 is 2.18 bits per heavy atom. The predicted molar refractivity (Wildman–Crippen MR) is 46.8 cm³/mol. The van der Waals surface area contributed by atoms with Crippen molar-refractivity contribution in [3.05, 3.63) is 47.9 Å². The maximum Gasteiger partial charge on any atom is 0.0438 e. The van der Waals surface area contributed by atoms with E-state index >= 15 is 0 Å². The Balaban J connectivity index is 2.43. The van der Waals surface area contributed by atoms with Gasteiger partial charge in [0.25, 0.3) is 0 Å². The molecule has 0 fully saturated rings. The van der Waals surface area contributed by atoms with Crippen LogP contribution in [0.1, 0.15) is 6.92 Å². The molecule has 0 amide bonds. The molecule has 0 aliphatic carbocycles. The fraction of sp³-hybridized carbons (Fsp3) is 0.200. The fourth-order valence-electron chi connectivity index (χ4n) is 1.42. The van der Waals surface area contributed by atoms with Crippen molar-refractivity contribution in [1.29, 1.82) is 0 Å². The minimum absolute atomic E-state index is 1.01. The Labute approximate surface area is 67.0 Å². The Morgan fingerprint density at radius 1 is 1.27 bits per heavy atom. The zero-order valence-electron chi connectivity index (χ0n) is 6.62. The Hall–Kier alpha value is -1.24. The van der Waals surface area contributed by atoms with Crippen LogP contribution in [0.4, 0.5) is 0 Å². The maximum absolute atomic E-state index is 2.25. The molecule has 0 N–H and O–H groups in total. The average Bonchev–Trinajstić information content (AvgIpc) is 2.06. The minimum atomic E-state index is 1.01. The van der Waals surface area contributed by atoms with Crippen molar-refractivity contribution in [2.24, 2.45) is 0 Å². The van der Waals surface area contributed by atoms with Crippen LogP contribution < -0.4 is 0 Å². The molecule has 0 aromatic heterocycles. The fourth-order valence-corrected chi connectivity index (χ4v) is 1.42. The van der Waals surface area contributed by atoms with Crippen molar-refractivity contribution in [2.75, 3.05) is 6.54 Å². The van der Waals surface area contributed by atoms with Gasteiger partial charge < -0.3 is 4.90 Å². The number of rotatable bonds is 0. The molecule has 56 valence electrons. The van der Waals surface area contributed by atoms with Crippen molar-refractivity contribution in [3.8, 4) is 0 Å². The van der Waals surface area contributed by atoms with Gasteiger partial charge in [-0.3, -0.25) is 0 Å². The number of allylic oxidation sites excluding steroid dienone is 5. The molecule has 0 aromatic carbocycles. The summed E-state index contributed by atoms with van der Waals surface area (Å²) in [6.45, 7) is 3.15. The van der Waals surface area contributed by atoms with E-state index in [0.29, 0.717) is 0 Å². The molecule has 2 heterocycles. The molecule has 0 saturated heterocycles. The lowest BCUT2D eigenvalue weighted by molar-refractivity contribution is 0.517. The number of fused-ring (bicyclic) bond motifs is 1. The van der Waals surface area contributed by atoms with Gasteiger partial charge in [0.1, 0.15) is 0 Å². The third-order valence-electron chi connectivity index (χ3n) is 2.01. The summed E-state index contributed by atoms with van der Waals surface area (Å²) in [7, 11) is 0. The van der Waals surface area contributed by atoms with Gasteiger partial charge in [-0.15, -0.1) is 0 Å². The third kappa shape index (κ3) is 1.03. The summed E-state index contributed by atoms with van der Waals surface area (Å²) < 4.78 is 0. The first-order valence-electron chi connectivity index (χ1n) is 3.87. The summed E-state index contributed by atoms with van der Waals surface area (Å²) >= 11 is 0. The monoisotopic (exact) mass is 145 g/mol. The zero-order valence-corrected chi connectivity index (χ0v) is 6.62. The second-order valence-electron chi connectivity index (χ2n) is 2.82. The summed E-state index contributed by atoms with van der Waals surface area (Å²) in [6.07, 6.45) is 12.8. The quantitative estimate of drug-likeness (QED) is 0.505. The first-order valence-corrected chi connectivity index (χ1v) is 3.87. The highest BCUT2D eigenvalue weighted by Gasteiger charge is 2.09. The van der Waals surface area contributed by atoms with Crippen LogP contribution in [0.5, 0.6) is 0 Å². The molecule has 0 bridgehead atoms. The number of nitrogens with zero attached hydrogens (tertiary/aromatic N) is 1. The SMILES string of the molecule is CC1=C2C=CC=CN2CC=C1. The molecular formula is C10H11N. The number of hydrogen-bond acceptors (Lipinski definition) is 1. The van der Waals surface area contributed by atoms with Crippen LogP contribution in [-0.4, -0.2) is 11.4 Å². The number of hydrogen-bond donors (Lipinski definition) is 0. The van der Waals surface area contributed by atoms with Gasteiger partial charge >= 0.3 is 0 Å². The minimum Gasteiger partial charge on any atom is -0.344 e. The van der Waals surface area contributed by atoms with E-state index in [1.165, 1.54) is 11.3 Å². The summed E-state index contributed by atoms with van der Waals surface area (Å²) in [5.41, 5.74) is 2.67. The highest BCUT2D eigenvalue weighted by molar-refractivity contribution is 5.39. The molecule has 2 aliphatic rings. The molecule has 1 heteroatoms. The second kappa shape index (κ2) is 2.42. The van der Waals surface area contributed by atoms with Crippen molar-refractivity contribution < 1.29 is 0 Å². The predicted octanol–water partition coefficient (Wildman–Crippen LogP) is 2.22. The Morgan fingerprint density at radius 3 is 3.00 bits per heavy atom.